The third-order valence-corrected chi connectivity index (χ3v) is 5.38. The van der Waals surface area contributed by atoms with E-state index < -0.39 is 10.0 Å². The van der Waals surface area contributed by atoms with Crippen molar-refractivity contribution in [2.45, 2.75) is 11.4 Å². The molecule has 2 aromatic rings. The summed E-state index contributed by atoms with van der Waals surface area (Å²) in [6, 6.07) is 12.9. The monoisotopic (exact) mass is 354 g/mol. The summed E-state index contributed by atoms with van der Waals surface area (Å²) in [6.45, 7) is 0.149. The number of hydrogen-bond donors (Lipinski definition) is 0. The van der Waals surface area contributed by atoms with Crippen molar-refractivity contribution in [2.75, 3.05) is 7.05 Å². The number of rotatable bonds is 4. The molecule has 0 heterocycles. The quantitative estimate of drug-likeness (QED) is 0.840. The van der Waals surface area contributed by atoms with Crippen LogP contribution < -0.4 is 0 Å². The lowest BCUT2D eigenvalue weighted by atomic mass is 10.2. The zero-order valence-corrected chi connectivity index (χ0v) is 14.0. The van der Waals surface area contributed by atoms with E-state index in [2.05, 4.69) is 0 Å². The molecular formula is C15H12Cl2N2O2S. The first-order valence-electron chi connectivity index (χ1n) is 6.25. The Morgan fingerprint density at radius 3 is 2.45 bits per heavy atom. The van der Waals surface area contributed by atoms with E-state index in [1.54, 1.807) is 24.3 Å². The maximum absolute atomic E-state index is 12.6. The van der Waals surface area contributed by atoms with Crippen LogP contribution in [-0.4, -0.2) is 19.8 Å². The first kappa shape index (κ1) is 16.8. The maximum Gasteiger partial charge on any atom is 0.244 e. The van der Waals surface area contributed by atoms with E-state index >= 15 is 0 Å². The smallest absolute Gasteiger partial charge is 0.207 e. The Balaban J connectivity index is 2.36. The van der Waals surface area contributed by atoms with Gasteiger partial charge in [0.15, 0.2) is 0 Å². The van der Waals surface area contributed by atoms with Gasteiger partial charge in [0.05, 0.1) is 5.56 Å². The minimum absolute atomic E-state index is 0.0189. The topological polar surface area (TPSA) is 61.2 Å². The number of benzene rings is 2. The molecule has 0 unspecified atom stereocenters. The third kappa shape index (κ3) is 3.60. The molecule has 2 aromatic carbocycles. The summed E-state index contributed by atoms with van der Waals surface area (Å²) >= 11 is 11.7. The van der Waals surface area contributed by atoms with E-state index in [1.165, 1.54) is 29.6 Å². The molecule has 0 aliphatic rings. The van der Waals surface area contributed by atoms with Gasteiger partial charge in [-0.2, -0.15) is 9.57 Å². The molecule has 0 atom stereocenters. The Morgan fingerprint density at radius 1 is 1.14 bits per heavy atom. The van der Waals surface area contributed by atoms with Crippen molar-refractivity contribution >= 4 is 33.2 Å². The minimum Gasteiger partial charge on any atom is -0.207 e. The van der Waals surface area contributed by atoms with Gasteiger partial charge in [-0.1, -0.05) is 35.3 Å². The molecule has 0 radical (unpaired) electrons. The second kappa shape index (κ2) is 6.67. The van der Waals surface area contributed by atoms with Gasteiger partial charge >= 0.3 is 0 Å². The lowest BCUT2D eigenvalue weighted by Gasteiger charge is -2.18. The fraction of sp³-hybridized carbons (Fsp3) is 0.133. The average molecular weight is 355 g/mol. The molecule has 0 N–H and O–H groups in total. The average Bonchev–Trinajstić information content (AvgIpc) is 2.46. The van der Waals surface area contributed by atoms with Crippen LogP contribution in [0.1, 0.15) is 11.1 Å². The van der Waals surface area contributed by atoms with Gasteiger partial charge in [-0.25, -0.2) is 8.42 Å². The number of hydrogen-bond acceptors (Lipinski definition) is 3. The molecule has 0 saturated heterocycles. The van der Waals surface area contributed by atoms with Crippen LogP contribution in [0.4, 0.5) is 0 Å². The van der Waals surface area contributed by atoms with Crippen LogP contribution in [0.3, 0.4) is 0 Å². The molecule has 2 rings (SSSR count). The van der Waals surface area contributed by atoms with Crippen LogP contribution >= 0.6 is 23.2 Å². The van der Waals surface area contributed by atoms with E-state index in [4.69, 9.17) is 28.5 Å². The number of sulfonamides is 1. The summed E-state index contributed by atoms with van der Waals surface area (Å²) in [7, 11) is -2.35. The van der Waals surface area contributed by atoms with E-state index in [1.807, 2.05) is 6.07 Å². The van der Waals surface area contributed by atoms with Crippen molar-refractivity contribution in [3.8, 4) is 6.07 Å². The summed E-state index contributed by atoms with van der Waals surface area (Å²) in [5, 5.41) is 9.95. The molecule has 22 heavy (non-hydrogen) atoms. The Labute approximate surface area is 139 Å². The third-order valence-electron chi connectivity index (χ3n) is 3.04. The molecule has 0 spiro atoms. The molecule has 0 fully saturated rings. The van der Waals surface area contributed by atoms with Gasteiger partial charge in [0.2, 0.25) is 10.0 Å². The fourth-order valence-corrected chi connectivity index (χ4v) is 3.62. The maximum atomic E-state index is 12.6. The van der Waals surface area contributed by atoms with Crippen molar-refractivity contribution in [3.05, 3.63) is 63.6 Å². The Bertz CT molecular complexity index is 845. The molecule has 114 valence electrons. The molecular weight excluding hydrogens is 343 g/mol. The Morgan fingerprint density at radius 2 is 1.82 bits per heavy atom. The molecule has 0 aliphatic heterocycles. The van der Waals surface area contributed by atoms with Gasteiger partial charge < -0.3 is 0 Å². The van der Waals surface area contributed by atoms with E-state index in [0.717, 1.165) is 5.56 Å². The van der Waals surface area contributed by atoms with Crippen LogP contribution in [0.15, 0.2) is 47.4 Å². The highest BCUT2D eigenvalue weighted by molar-refractivity contribution is 7.89. The normalized spacial score (nSPS) is 11.4. The van der Waals surface area contributed by atoms with Crippen molar-refractivity contribution < 1.29 is 8.42 Å². The SMILES string of the molecule is CN(Cc1cccc(Cl)c1)S(=O)(=O)c1ccc(Cl)cc1C#N. The first-order valence-corrected chi connectivity index (χ1v) is 8.44. The van der Waals surface area contributed by atoms with Gasteiger partial charge in [-0.3, -0.25) is 0 Å². The van der Waals surface area contributed by atoms with Crippen molar-refractivity contribution in [2.24, 2.45) is 0 Å². The summed E-state index contributed by atoms with van der Waals surface area (Å²) in [6.07, 6.45) is 0. The van der Waals surface area contributed by atoms with Gasteiger partial charge in [0, 0.05) is 23.6 Å². The van der Waals surface area contributed by atoms with Crippen LogP contribution in [0, 0.1) is 11.3 Å². The molecule has 0 amide bonds. The highest BCUT2D eigenvalue weighted by atomic mass is 35.5. The van der Waals surface area contributed by atoms with Gasteiger partial charge in [0.25, 0.3) is 0 Å². The highest BCUT2D eigenvalue weighted by Crippen LogP contribution is 2.24. The fourth-order valence-electron chi connectivity index (χ4n) is 1.96. The molecule has 0 saturated carbocycles. The molecule has 4 nitrogen and oxygen atoms in total. The minimum atomic E-state index is -3.80. The lowest BCUT2D eigenvalue weighted by Crippen LogP contribution is -2.27. The number of nitrogens with zero attached hydrogens (tertiary/aromatic N) is 2. The molecule has 0 bridgehead atoms. The van der Waals surface area contributed by atoms with E-state index in [0.29, 0.717) is 10.0 Å². The molecule has 0 aromatic heterocycles. The predicted molar refractivity (Wildman–Crippen MR) is 86.3 cm³/mol. The standard InChI is InChI=1S/C15H12Cl2N2O2S/c1-19(10-11-3-2-4-13(16)7-11)22(20,21)15-6-5-14(17)8-12(15)9-18/h2-8H,10H2,1H3. The summed E-state index contributed by atoms with van der Waals surface area (Å²) in [4.78, 5) is -0.0658. The predicted octanol–water partition coefficient (Wildman–Crippen LogP) is 3.69. The van der Waals surface area contributed by atoms with Crippen LogP contribution in [-0.2, 0) is 16.6 Å². The van der Waals surface area contributed by atoms with Crippen LogP contribution in [0.25, 0.3) is 0 Å². The Hall–Kier alpha value is -1.58. The highest BCUT2D eigenvalue weighted by Gasteiger charge is 2.24. The lowest BCUT2D eigenvalue weighted by molar-refractivity contribution is 0.466. The molecule has 7 heteroatoms. The summed E-state index contributed by atoms with van der Waals surface area (Å²) in [5.41, 5.74) is 0.775. The molecule has 0 aliphatic carbocycles. The van der Waals surface area contributed by atoms with Gasteiger partial charge in [0.1, 0.15) is 11.0 Å². The van der Waals surface area contributed by atoms with Crippen LogP contribution in [0.5, 0.6) is 0 Å². The Kier molecular flexibility index (Phi) is 5.09. The van der Waals surface area contributed by atoms with Gasteiger partial charge in [-0.15, -0.1) is 0 Å². The number of halogens is 2. The second-order valence-electron chi connectivity index (χ2n) is 4.64. The van der Waals surface area contributed by atoms with Crippen LogP contribution in [0.2, 0.25) is 10.0 Å². The summed E-state index contributed by atoms with van der Waals surface area (Å²) in [5.74, 6) is 0. The second-order valence-corrected chi connectivity index (χ2v) is 7.53. The van der Waals surface area contributed by atoms with Crippen molar-refractivity contribution in [1.82, 2.24) is 4.31 Å². The first-order chi connectivity index (χ1) is 10.3. The zero-order valence-electron chi connectivity index (χ0n) is 11.6. The van der Waals surface area contributed by atoms with Gasteiger partial charge in [-0.05, 0) is 35.9 Å². The van der Waals surface area contributed by atoms with E-state index in [-0.39, 0.29) is 17.0 Å². The van der Waals surface area contributed by atoms with Crippen molar-refractivity contribution in [3.63, 3.8) is 0 Å². The number of nitriles is 1. The summed E-state index contributed by atoms with van der Waals surface area (Å²) < 4.78 is 26.4. The largest absolute Gasteiger partial charge is 0.244 e. The zero-order chi connectivity index (χ0) is 16.3. The van der Waals surface area contributed by atoms with E-state index in [9.17, 15) is 8.42 Å². The van der Waals surface area contributed by atoms with Crippen molar-refractivity contribution in [1.29, 1.82) is 5.26 Å².